The first-order valence-electron chi connectivity index (χ1n) is 9.80. The third kappa shape index (κ3) is 3.76. The largest absolute Gasteiger partial charge is 1.00 e. The molecule has 0 N–H and O–H groups in total. The van der Waals surface area contributed by atoms with Crippen LogP contribution < -0.4 is 42.4 Å². The van der Waals surface area contributed by atoms with Crippen LogP contribution in [0.25, 0.3) is 0 Å². The van der Waals surface area contributed by atoms with Gasteiger partial charge in [0.05, 0.1) is 6.16 Å². The van der Waals surface area contributed by atoms with E-state index < -0.39 is 7.26 Å². The van der Waals surface area contributed by atoms with Crippen molar-refractivity contribution < 1.29 is 26.5 Å². The van der Waals surface area contributed by atoms with Crippen molar-refractivity contribution in [2.45, 2.75) is 6.16 Å². The second-order valence-corrected chi connectivity index (χ2v) is 10.6. The fourth-order valence-corrected chi connectivity index (χ4v) is 8.31. The fourth-order valence-electron chi connectivity index (χ4n) is 4.08. The van der Waals surface area contributed by atoms with Gasteiger partial charge in [0, 0.05) is 0 Å². The molecule has 0 fully saturated rings. The minimum absolute atomic E-state index is 0. The van der Waals surface area contributed by atoms with E-state index in [1.807, 2.05) is 6.07 Å². The molecule has 4 heteroatoms. The molecular weight excluding hydrogens is 455 g/mol. The first-order valence-corrected chi connectivity index (χ1v) is 11.8. The van der Waals surface area contributed by atoms with Crippen LogP contribution in [-0.4, -0.2) is 6.79 Å². The molecule has 0 saturated carbocycles. The number of rotatable bonds is 5. The molecule has 0 spiro atoms. The van der Waals surface area contributed by atoms with E-state index in [0.29, 0.717) is 6.79 Å². The zero-order valence-electron chi connectivity index (χ0n) is 16.4. The Labute approximate surface area is 188 Å². The van der Waals surface area contributed by atoms with Gasteiger partial charge in [-0.25, -0.2) is 0 Å². The average Bonchev–Trinajstić information content (AvgIpc) is 3.27. The second kappa shape index (κ2) is 9.04. The van der Waals surface area contributed by atoms with E-state index in [9.17, 15) is 0 Å². The van der Waals surface area contributed by atoms with Gasteiger partial charge in [0.1, 0.15) is 23.2 Å². The Morgan fingerprint density at radius 1 is 0.567 bits per heavy atom. The summed E-state index contributed by atoms with van der Waals surface area (Å²) in [5.74, 6) is 1.67. The van der Waals surface area contributed by atoms with E-state index >= 15 is 0 Å². The summed E-state index contributed by atoms with van der Waals surface area (Å²) in [6.07, 6.45) is 0.932. The molecule has 2 nitrogen and oxygen atoms in total. The van der Waals surface area contributed by atoms with Crippen molar-refractivity contribution in [3.05, 3.63) is 115 Å². The zero-order chi connectivity index (χ0) is 19.5. The third-order valence-electron chi connectivity index (χ3n) is 5.45. The lowest BCUT2D eigenvalue weighted by atomic mass is 10.2. The van der Waals surface area contributed by atoms with Gasteiger partial charge in [-0.1, -0.05) is 60.7 Å². The molecule has 0 unspecified atom stereocenters. The molecule has 4 aromatic carbocycles. The summed E-state index contributed by atoms with van der Waals surface area (Å²) in [6.45, 7) is 0.301. The van der Waals surface area contributed by atoms with Crippen LogP contribution in [0, 0.1) is 0 Å². The SMILES string of the molecule is [Br-].c1ccc([P+](Cc2ccc3c(c2)OCO3)(c2ccccc2)c2ccccc2)cc1. The summed E-state index contributed by atoms with van der Waals surface area (Å²) in [4.78, 5) is 0. The van der Waals surface area contributed by atoms with E-state index in [-0.39, 0.29) is 17.0 Å². The summed E-state index contributed by atoms with van der Waals surface area (Å²) in [7, 11) is -1.90. The predicted octanol–water partition coefficient (Wildman–Crippen LogP) is 1.91. The lowest BCUT2D eigenvalue weighted by Gasteiger charge is -2.27. The number of ether oxygens (including phenoxy) is 2. The van der Waals surface area contributed by atoms with Crippen LogP contribution in [0.15, 0.2) is 109 Å². The molecular formula is C26H22BrO2P. The predicted molar refractivity (Wildman–Crippen MR) is 121 cm³/mol. The van der Waals surface area contributed by atoms with Crippen molar-refractivity contribution in [1.29, 1.82) is 0 Å². The van der Waals surface area contributed by atoms with Crippen LogP contribution in [0.5, 0.6) is 11.5 Å². The maximum absolute atomic E-state index is 5.66. The summed E-state index contributed by atoms with van der Waals surface area (Å²) in [5.41, 5.74) is 1.26. The molecule has 0 bridgehead atoms. The first-order chi connectivity index (χ1) is 14.4. The molecule has 0 saturated heterocycles. The van der Waals surface area contributed by atoms with Crippen molar-refractivity contribution in [2.24, 2.45) is 0 Å². The molecule has 0 radical (unpaired) electrons. The highest BCUT2D eigenvalue weighted by molar-refractivity contribution is 7.95. The average molecular weight is 477 g/mol. The van der Waals surface area contributed by atoms with Crippen molar-refractivity contribution in [3.63, 3.8) is 0 Å². The Kier molecular flexibility index (Phi) is 6.22. The summed E-state index contributed by atoms with van der Waals surface area (Å²) in [5, 5.41) is 4.15. The Balaban J connectivity index is 0.00000218. The van der Waals surface area contributed by atoms with Gasteiger partial charge in [-0.2, -0.15) is 0 Å². The van der Waals surface area contributed by atoms with Crippen LogP contribution in [0.4, 0.5) is 0 Å². The van der Waals surface area contributed by atoms with Crippen LogP contribution in [-0.2, 0) is 6.16 Å². The molecule has 5 rings (SSSR count). The fraction of sp³-hybridized carbons (Fsp3) is 0.0769. The highest BCUT2D eigenvalue weighted by atomic mass is 79.9. The van der Waals surface area contributed by atoms with Gasteiger partial charge >= 0.3 is 0 Å². The minimum Gasteiger partial charge on any atom is -1.00 e. The molecule has 0 aromatic heterocycles. The summed E-state index contributed by atoms with van der Waals surface area (Å²) >= 11 is 0. The first kappa shape index (κ1) is 20.7. The zero-order valence-corrected chi connectivity index (χ0v) is 18.9. The molecule has 1 aliphatic heterocycles. The summed E-state index contributed by atoms with van der Waals surface area (Å²) < 4.78 is 11.2. The Morgan fingerprint density at radius 2 is 1.03 bits per heavy atom. The molecule has 0 atom stereocenters. The van der Waals surface area contributed by atoms with E-state index in [2.05, 4.69) is 103 Å². The highest BCUT2D eigenvalue weighted by Gasteiger charge is 2.45. The van der Waals surface area contributed by atoms with Crippen molar-refractivity contribution in [1.82, 2.24) is 0 Å². The van der Waals surface area contributed by atoms with Crippen molar-refractivity contribution >= 4 is 23.2 Å². The van der Waals surface area contributed by atoms with Crippen molar-refractivity contribution in [3.8, 4) is 11.5 Å². The molecule has 30 heavy (non-hydrogen) atoms. The van der Waals surface area contributed by atoms with Crippen molar-refractivity contribution in [2.75, 3.05) is 6.79 Å². The Hall–Kier alpha value is -2.61. The molecule has 1 heterocycles. The lowest BCUT2D eigenvalue weighted by molar-refractivity contribution is -0.00000716. The van der Waals surface area contributed by atoms with Crippen LogP contribution in [0.3, 0.4) is 0 Å². The van der Waals surface area contributed by atoms with Crippen LogP contribution in [0.1, 0.15) is 5.56 Å². The van der Waals surface area contributed by atoms with Gasteiger partial charge in [-0.05, 0) is 54.1 Å². The van der Waals surface area contributed by atoms with Gasteiger partial charge in [0.25, 0.3) is 0 Å². The quantitative estimate of drug-likeness (QED) is 0.409. The van der Waals surface area contributed by atoms with Crippen LogP contribution in [0.2, 0.25) is 0 Å². The number of hydrogen-bond acceptors (Lipinski definition) is 2. The standard InChI is InChI=1S/C26H22O2P.BrH/c1-4-10-22(11-5-1)29(23-12-6-2-7-13-23,24-14-8-3-9-15-24)19-21-16-17-25-26(18-21)28-20-27-25;/h1-18H,19-20H2;1H/q+1;/p-1. The maximum atomic E-state index is 5.66. The number of hydrogen-bond donors (Lipinski definition) is 0. The number of benzene rings is 4. The molecule has 0 aliphatic carbocycles. The maximum Gasteiger partial charge on any atom is 0.231 e. The van der Waals surface area contributed by atoms with Gasteiger partial charge in [0.2, 0.25) is 6.79 Å². The Bertz CT molecular complexity index is 1010. The molecule has 150 valence electrons. The number of fused-ring (bicyclic) bond motifs is 1. The topological polar surface area (TPSA) is 18.5 Å². The smallest absolute Gasteiger partial charge is 0.231 e. The third-order valence-corrected chi connectivity index (χ3v) is 9.83. The highest BCUT2D eigenvalue weighted by Crippen LogP contribution is 2.58. The number of halogens is 1. The van der Waals surface area contributed by atoms with E-state index in [1.165, 1.54) is 21.5 Å². The molecule has 0 amide bonds. The second-order valence-electron chi connectivity index (χ2n) is 7.16. The molecule has 4 aromatic rings. The molecule has 1 aliphatic rings. The minimum atomic E-state index is -1.90. The summed E-state index contributed by atoms with van der Waals surface area (Å²) in [6, 6.07) is 39.2. The lowest BCUT2D eigenvalue weighted by Crippen LogP contribution is -3.00. The van der Waals surface area contributed by atoms with Gasteiger partial charge in [-0.3, -0.25) is 0 Å². The van der Waals surface area contributed by atoms with Gasteiger partial charge < -0.3 is 26.5 Å². The van der Waals surface area contributed by atoms with Gasteiger partial charge in [-0.15, -0.1) is 0 Å². The normalized spacial score (nSPS) is 12.3. The van der Waals surface area contributed by atoms with E-state index in [1.54, 1.807) is 0 Å². The van der Waals surface area contributed by atoms with E-state index in [4.69, 9.17) is 9.47 Å². The Morgan fingerprint density at radius 3 is 1.53 bits per heavy atom. The monoisotopic (exact) mass is 476 g/mol. The van der Waals surface area contributed by atoms with E-state index in [0.717, 1.165) is 17.7 Å². The van der Waals surface area contributed by atoms with Crippen LogP contribution >= 0.6 is 7.26 Å². The van der Waals surface area contributed by atoms with Gasteiger partial charge in [0.15, 0.2) is 11.5 Å².